The van der Waals surface area contributed by atoms with Crippen LogP contribution in [0.1, 0.15) is 28.8 Å². The average molecular weight is 442 g/mol. The first-order chi connectivity index (χ1) is 16.0. The van der Waals surface area contributed by atoms with E-state index in [0.29, 0.717) is 18.4 Å². The summed E-state index contributed by atoms with van der Waals surface area (Å²) in [6.45, 7) is 2.24. The number of carbonyl (C=O) groups excluding carboxylic acids is 1. The minimum absolute atomic E-state index is 0.159. The van der Waals surface area contributed by atoms with E-state index in [1.54, 1.807) is 7.11 Å². The molecule has 1 N–H and O–H groups in total. The minimum Gasteiger partial charge on any atom is -0.497 e. The predicted molar refractivity (Wildman–Crippen MR) is 131 cm³/mol. The molecule has 1 heterocycles. The first kappa shape index (κ1) is 21.9. The fraction of sp³-hybridized carbons (Fsp3) is 0.345. The summed E-state index contributed by atoms with van der Waals surface area (Å²) in [5.41, 5.74) is 3.48. The van der Waals surface area contributed by atoms with Crippen molar-refractivity contribution >= 4 is 5.78 Å². The van der Waals surface area contributed by atoms with Crippen LogP contribution in [-0.2, 0) is 6.42 Å². The number of hydrogen-bond acceptors (Lipinski definition) is 4. The van der Waals surface area contributed by atoms with E-state index >= 15 is 0 Å². The Labute approximate surface area is 195 Å². The fourth-order valence-electron chi connectivity index (χ4n) is 5.75. The Bertz CT molecular complexity index is 1100. The molecule has 1 aliphatic carbocycles. The number of rotatable bonds is 7. The second-order valence-electron chi connectivity index (χ2n) is 9.74. The Balaban J connectivity index is 1.17. The highest BCUT2D eigenvalue weighted by Crippen LogP contribution is 2.45. The lowest BCUT2D eigenvalue weighted by Crippen LogP contribution is -2.34. The zero-order chi connectivity index (χ0) is 22.8. The monoisotopic (exact) mass is 441 g/mol. The summed E-state index contributed by atoms with van der Waals surface area (Å²) in [5, 5.41) is 11.2. The third-order valence-electron chi connectivity index (χ3n) is 7.29. The van der Waals surface area contributed by atoms with Crippen molar-refractivity contribution in [1.82, 2.24) is 4.90 Å². The summed E-state index contributed by atoms with van der Waals surface area (Å²) in [6.07, 6.45) is 2.37. The number of benzene rings is 3. The van der Waals surface area contributed by atoms with Gasteiger partial charge in [0.15, 0.2) is 5.78 Å². The van der Waals surface area contributed by atoms with Gasteiger partial charge in [-0.15, -0.1) is 0 Å². The molecule has 4 nitrogen and oxygen atoms in total. The first-order valence-electron chi connectivity index (χ1n) is 11.8. The smallest absolute Gasteiger partial charge is 0.176 e. The van der Waals surface area contributed by atoms with Crippen LogP contribution in [0, 0.1) is 11.8 Å². The lowest BCUT2D eigenvalue weighted by Gasteiger charge is -2.26. The van der Waals surface area contributed by atoms with Gasteiger partial charge in [0.2, 0.25) is 0 Å². The van der Waals surface area contributed by atoms with Gasteiger partial charge in [0.25, 0.3) is 0 Å². The molecule has 3 aromatic carbocycles. The quantitative estimate of drug-likeness (QED) is 0.532. The molecule has 0 radical (unpaired) electrons. The maximum atomic E-state index is 12.9. The molecule has 1 aliphatic heterocycles. The normalized spacial score (nSPS) is 24.5. The predicted octanol–water partition coefficient (Wildman–Crippen LogP) is 4.86. The van der Waals surface area contributed by atoms with E-state index in [1.165, 1.54) is 5.56 Å². The number of nitrogens with zero attached hydrogens (tertiary/aromatic N) is 1. The van der Waals surface area contributed by atoms with Crippen LogP contribution in [-0.4, -0.2) is 48.1 Å². The van der Waals surface area contributed by atoms with E-state index in [-0.39, 0.29) is 5.78 Å². The molecule has 170 valence electrons. The van der Waals surface area contributed by atoms with Gasteiger partial charge in [-0.2, -0.15) is 0 Å². The Morgan fingerprint density at radius 3 is 2.30 bits per heavy atom. The minimum atomic E-state index is -0.608. The maximum Gasteiger partial charge on any atom is 0.176 e. The van der Waals surface area contributed by atoms with Gasteiger partial charge in [-0.1, -0.05) is 66.7 Å². The molecule has 3 aromatic rings. The number of likely N-dealkylation sites (tertiary alicyclic amines) is 1. The van der Waals surface area contributed by atoms with E-state index < -0.39 is 5.60 Å². The number of fused-ring (bicyclic) bond motifs is 1. The van der Waals surface area contributed by atoms with Crippen molar-refractivity contribution in [3.05, 3.63) is 90.0 Å². The molecule has 0 amide bonds. The van der Waals surface area contributed by atoms with Gasteiger partial charge >= 0.3 is 0 Å². The highest BCUT2D eigenvalue weighted by atomic mass is 16.5. The third kappa shape index (κ3) is 4.87. The zero-order valence-electron chi connectivity index (χ0n) is 19.1. The molecule has 5 rings (SSSR count). The number of Topliss-reactive ketones (excluding diaryl/α,β-unsaturated/α-hetero) is 1. The molecular weight excluding hydrogens is 410 g/mol. The second kappa shape index (κ2) is 9.12. The Morgan fingerprint density at radius 2 is 1.64 bits per heavy atom. The van der Waals surface area contributed by atoms with Gasteiger partial charge in [0.05, 0.1) is 19.3 Å². The van der Waals surface area contributed by atoms with Crippen LogP contribution in [0.2, 0.25) is 0 Å². The summed E-state index contributed by atoms with van der Waals surface area (Å²) in [4.78, 5) is 15.2. The van der Waals surface area contributed by atoms with Gasteiger partial charge in [0, 0.05) is 25.1 Å². The highest BCUT2D eigenvalue weighted by molar-refractivity contribution is 5.98. The molecule has 2 unspecified atom stereocenters. The molecular formula is C29H31NO3. The molecule has 1 saturated carbocycles. The van der Waals surface area contributed by atoms with Gasteiger partial charge in [-0.3, -0.25) is 9.69 Å². The number of ketones is 1. The van der Waals surface area contributed by atoms with Crippen molar-refractivity contribution < 1.29 is 14.6 Å². The van der Waals surface area contributed by atoms with Crippen LogP contribution in [0.15, 0.2) is 78.9 Å². The van der Waals surface area contributed by atoms with Crippen molar-refractivity contribution in [2.75, 3.05) is 26.7 Å². The van der Waals surface area contributed by atoms with E-state index in [1.807, 2.05) is 66.7 Å². The fourth-order valence-corrected chi connectivity index (χ4v) is 5.75. The maximum absolute atomic E-state index is 12.9. The number of ether oxygens (including phenoxy) is 1. The Hall–Kier alpha value is -2.95. The number of methoxy groups -OCH3 is 1. The molecule has 4 heteroatoms. The molecule has 2 atom stereocenters. The van der Waals surface area contributed by atoms with E-state index in [4.69, 9.17) is 4.74 Å². The summed E-state index contributed by atoms with van der Waals surface area (Å²) in [5.74, 6) is 1.93. The van der Waals surface area contributed by atoms with Crippen LogP contribution < -0.4 is 4.74 Å². The Kier molecular flexibility index (Phi) is 6.05. The molecule has 2 fully saturated rings. The van der Waals surface area contributed by atoms with Crippen LogP contribution in [0.5, 0.6) is 5.75 Å². The average Bonchev–Trinajstić information content (AvgIpc) is 3.33. The van der Waals surface area contributed by atoms with Crippen molar-refractivity contribution in [3.63, 3.8) is 0 Å². The summed E-state index contributed by atoms with van der Waals surface area (Å²) in [6, 6.07) is 26.1. The van der Waals surface area contributed by atoms with Crippen molar-refractivity contribution in [1.29, 1.82) is 0 Å². The lowest BCUT2D eigenvalue weighted by molar-refractivity contribution is 0.0355. The second-order valence-corrected chi connectivity index (χ2v) is 9.74. The largest absolute Gasteiger partial charge is 0.497 e. The van der Waals surface area contributed by atoms with Crippen LogP contribution in [0.3, 0.4) is 0 Å². The molecule has 0 aromatic heterocycles. The van der Waals surface area contributed by atoms with Crippen molar-refractivity contribution in [3.8, 4) is 16.9 Å². The topological polar surface area (TPSA) is 49.8 Å². The first-order valence-corrected chi connectivity index (χ1v) is 11.8. The third-order valence-corrected chi connectivity index (χ3v) is 7.29. The lowest BCUT2D eigenvalue weighted by atomic mass is 9.91. The van der Waals surface area contributed by atoms with Crippen molar-refractivity contribution in [2.24, 2.45) is 11.8 Å². The van der Waals surface area contributed by atoms with Gasteiger partial charge in [-0.05, 0) is 53.5 Å². The van der Waals surface area contributed by atoms with Crippen LogP contribution in [0.4, 0.5) is 0 Å². The Morgan fingerprint density at radius 1 is 0.939 bits per heavy atom. The van der Waals surface area contributed by atoms with Gasteiger partial charge in [0.1, 0.15) is 5.75 Å². The van der Waals surface area contributed by atoms with Gasteiger partial charge < -0.3 is 9.84 Å². The molecule has 0 spiro atoms. The SMILES string of the molecule is COc1cccc(-c2ccc(C(=O)CN3CC4CC(O)(Cc5ccccc5)CC4C3)cc2)c1. The van der Waals surface area contributed by atoms with Crippen molar-refractivity contribution in [2.45, 2.75) is 24.9 Å². The number of hydrogen-bond donors (Lipinski definition) is 1. The van der Waals surface area contributed by atoms with Crippen LogP contribution in [0.25, 0.3) is 11.1 Å². The summed E-state index contributed by atoms with van der Waals surface area (Å²) in [7, 11) is 1.66. The molecule has 1 saturated heterocycles. The van der Waals surface area contributed by atoms with E-state index in [0.717, 1.165) is 54.8 Å². The van der Waals surface area contributed by atoms with Crippen LogP contribution >= 0.6 is 0 Å². The molecule has 0 bridgehead atoms. The van der Waals surface area contributed by atoms with Gasteiger partial charge in [-0.25, -0.2) is 0 Å². The number of carbonyl (C=O) groups is 1. The molecule has 33 heavy (non-hydrogen) atoms. The summed E-state index contributed by atoms with van der Waals surface area (Å²) >= 11 is 0. The number of aliphatic hydroxyl groups is 1. The van der Waals surface area contributed by atoms with E-state index in [2.05, 4.69) is 17.0 Å². The zero-order valence-corrected chi connectivity index (χ0v) is 19.1. The molecule has 2 aliphatic rings. The highest BCUT2D eigenvalue weighted by Gasteiger charge is 2.48. The standard InChI is InChI=1S/C29H31NO3/c1-33-27-9-5-8-24(14-27)22-10-12-23(13-11-22)28(31)20-30-18-25-16-29(32,17-26(25)19-30)15-21-6-3-2-4-7-21/h2-14,25-26,32H,15-20H2,1H3. The summed E-state index contributed by atoms with van der Waals surface area (Å²) < 4.78 is 5.31. The van der Waals surface area contributed by atoms with E-state index in [9.17, 15) is 9.90 Å².